The third kappa shape index (κ3) is 3.44. The van der Waals surface area contributed by atoms with Gasteiger partial charge in [-0.15, -0.1) is 0 Å². The number of benzene rings is 1. The van der Waals surface area contributed by atoms with E-state index >= 15 is 0 Å². The minimum Gasteiger partial charge on any atom is -0.491 e. The molecule has 2 atom stereocenters. The van der Waals surface area contributed by atoms with Crippen LogP contribution >= 0.6 is 0 Å². The maximum Gasteiger partial charge on any atom is 0.193 e. The van der Waals surface area contributed by atoms with Crippen LogP contribution in [0.4, 0.5) is 5.69 Å². The summed E-state index contributed by atoms with van der Waals surface area (Å²) in [6, 6.07) is 8.27. The fourth-order valence-electron chi connectivity index (χ4n) is 2.63. The van der Waals surface area contributed by atoms with Crippen LogP contribution in [0, 0.1) is 11.8 Å². The Balaban J connectivity index is 1.53. The van der Waals surface area contributed by atoms with Crippen molar-refractivity contribution in [1.82, 2.24) is 0 Å². The van der Waals surface area contributed by atoms with Gasteiger partial charge in [0.25, 0.3) is 0 Å². The fourth-order valence-corrected chi connectivity index (χ4v) is 2.63. The molecule has 108 valence electrons. The Hall–Kier alpha value is -1.71. The van der Waals surface area contributed by atoms with Crippen molar-refractivity contribution >= 4 is 11.6 Å². The molecular formula is C16H23N3O. The first-order valence-corrected chi connectivity index (χ1v) is 7.49. The molecule has 1 aromatic carbocycles. The van der Waals surface area contributed by atoms with E-state index < -0.39 is 0 Å². The third-order valence-electron chi connectivity index (χ3n) is 3.84. The Bertz CT molecular complexity index is 491. The summed E-state index contributed by atoms with van der Waals surface area (Å²) < 4.78 is 5.61. The van der Waals surface area contributed by atoms with Crippen LogP contribution in [0.5, 0.6) is 5.75 Å². The lowest BCUT2D eigenvalue weighted by Gasteiger charge is -2.10. The van der Waals surface area contributed by atoms with Gasteiger partial charge in [0.2, 0.25) is 0 Å². The summed E-state index contributed by atoms with van der Waals surface area (Å²) in [6.45, 7) is 4.03. The van der Waals surface area contributed by atoms with E-state index in [0.29, 0.717) is 12.0 Å². The molecular weight excluding hydrogens is 250 g/mol. The summed E-state index contributed by atoms with van der Waals surface area (Å²) in [7, 11) is 0. The fraction of sp³-hybridized carbons (Fsp3) is 0.562. The van der Waals surface area contributed by atoms with E-state index in [2.05, 4.69) is 10.3 Å². The highest BCUT2D eigenvalue weighted by Gasteiger charge is 2.47. The van der Waals surface area contributed by atoms with Gasteiger partial charge in [0.05, 0.1) is 12.1 Å². The average Bonchev–Trinajstić information content (AvgIpc) is 3.22. The number of aliphatic imine (C=N–C) groups is 1. The number of nitrogens with zero attached hydrogens (tertiary/aromatic N) is 1. The smallest absolute Gasteiger partial charge is 0.193 e. The second-order valence-corrected chi connectivity index (χ2v) is 6.13. The number of nitrogens with one attached hydrogen (secondary N) is 1. The van der Waals surface area contributed by atoms with E-state index in [4.69, 9.17) is 10.5 Å². The molecule has 3 N–H and O–H groups in total. The lowest BCUT2D eigenvalue weighted by molar-refractivity contribution is 0.242. The summed E-state index contributed by atoms with van der Waals surface area (Å²) in [4.78, 5) is 4.55. The Morgan fingerprint density at radius 1 is 1.30 bits per heavy atom. The van der Waals surface area contributed by atoms with Crippen LogP contribution < -0.4 is 15.8 Å². The third-order valence-corrected chi connectivity index (χ3v) is 3.84. The zero-order valence-electron chi connectivity index (χ0n) is 12.2. The van der Waals surface area contributed by atoms with Crippen LogP contribution in [0.2, 0.25) is 0 Å². The second kappa shape index (κ2) is 5.35. The van der Waals surface area contributed by atoms with Gasteiger partial charge in [0, 0.05) is 5.69 Å². The van der Waals surface area contributed by atoms with Crippen LogP contribution in [0.25, 0.3) is 0 Å². The first kappa shape index (κ1) is 13.3. The number of hydrogen-bond donors (Lipinski definition) is 2. The van der Waals surface area contributed by atoms with E-state index in [1.165, 1.54) is 19.3 Å². The van der Waals surface area contributed by atoms with Gasteiger partial charge in [-0.2, -0.15) is 0 Å². The van der Waals surface area contributed by atoms with Crippen LogP contribution in [0.15, 0.2) is 29.3 Å². The largest absolute Gasteiger partial charge is 0.491 e. The maximum atomic E-state index is 5.96. The molecule has 4 nitrogen and oxygen atoms in total. The Kier molecular flexibility index (Phi) is 3.55. The van der Waals surface area contributed by atoms with E-state index in [-0.39, 0.29) is 6.10 Å². The number of ether oxygens (including phenoxy) is 1. The molecule has 0 saturated heterocycles. The highest BCUT2D eigenvalue weighted by atomic mass is 16.5. The highest BCUT2D eigenvalue weighted by Crippen LogP contribution is 2.51. The number of anilines is 1. The Morgan fingerprint density at radius 3 is 2.60 bits per heavy atom. The molecule has 2 aliphatic carbocycles. The van der Waals surface area contributed by atoms with E-state index in [1.807, 2.05) is 38.1 Å². The van der Waals surface area contributed by atoms with Crippen molar-refractivity contribution in [3.8, 4) is 5.75 Å². The monoisotopic (exact) mass is 273 g/mol. The minimum atomic E-state index is 0.190. The number of guanidine groups is 1. The van der Waals surface area contributed by atoms with E-state index in [0.717, 1.165) is 23.3 Å². The molecule has 0 radical (unpaired) electrons. The van der Waals surface area contributed by atoms with Crippen LogP contribution in [0.1, 0.15) is 33.1 Å². The molecule has 0 amide bonds. The number of hydrogen-bond acceptors (Lipinski definition) is 2. The van der Waals surface area contributed by atoms with Gasteiger partial charge in [0.1, 0.15) is 5.75 Å². The maximum absolute atomic E-state index is 5.96. The molecule has 1 aromatic rings. The molecule has 0 spiro atoms. The molecule has 3 rings (SSSR count). The van der Waals surface area contributed by atoms with Crippen molar-refractivity contribution in [2.24, 2.45) is 22.6 Å². The highest BCUT2D eigenvalue weighted by molar-refractivity contribution is 5.92. The summed E-state index contributed by atoms with van der Waals surface area (Å²) in [5.74, 6) is 3.13. The van der Waals surface area contributed by atoms with E-state index in [1.54, 1.807) is 0 Å². The molecule has 0 bridgehead atoms. The van der Waals surface area contributed by atoms with Crippen molar-refractivity contribution in [3.63, 3.8) is 0 Å². The Morgan fingerprint density at radius 2 is 2.00 bits per heavy atom. The van der Waals surface area contributed by atoms with Crippen molar-refractivity contribution in [2.45, 2.75) is 45.3 Å². The molecule has 0 aromatic heterocycles. The van der Waals surface area contributed by atoms with Crippen molar-refractivity contribution in [1.29, 1.82) is 0 Å². The van der Waals surface area contributed by atoms with Gasteiger partial charge in [-0.05, 0) is 69.2 Å². The normalized spacial score (nSPS) is 25.6. The first-order chi connectivity index (χ1) is 9.61. The molecule has 0 unspecified atom stereocenters. The quantitative estimate of drug-likeness (QED) is 0.640. The predicted molar refractivity (Wildman–Crippen MR) is 82.1 cm³/mol. The first-order valence-electron chi connectivity index (χ1n) is 7.49. The average molecular weight is 273 g/mol. The molecule has 0 aliphatic heterocycles. The SMILES string of the molecule is CC(C)Oc1ccc(NC(N)=N[C@@H]2C[C@H]2C2CC2)cc1. The van der Waals surface area contributed by atoms with Crippen molar-refractivity contribution in [3.05, 3.63) is 24.3 Å². The molecule has 20 heavy (non-hydrogen) atoms. The van der Waals surface area contributed by atoms with E-state index in [9.17, 15) is 0 Å². The number of rotatable bonds is 5. The van der Waals surface area contributed by atoms with Gasteiger partial charge in [0.15, 0.2) is 5.96 Å². The summed E-state index contributed by atoms with van der Waals surface area (Å²) in [5, 5.41) is 3.15. The van der Waals surface area contributed by atoms with Gasteiger partial charge in [-0.3, -0.25) is 0 Å². The molecule has 2 aliphatic rings. The lowest BCUT2D eigenvalue weighted by Crippen LogP contribution is -2.23. The Labute approximate surface area is 120 Å². The number of nitrogens with two attached hydrogens (primary N) is 1. The topological polar surface area (TPSA) is 59.6 Å². The van der Waals surface area contributed by atoms with Gasteiger partial charge in [-0.1, -0.05) is 0 Å². The zero-order chi connectivity index (χ0) is 14.1. The van der Waals surface area contributed by atoms with Gasteiger partial charge < -0.3 is 15.8 Å². The van der Waals surface area contributed by atoms with Crippen LogP contribution in [-0.2, 0) is 0 Å². The second-order valence-electron chi connectivity index (χ2n) is 6.13. The van der Waals surface area contributed by atoms with Crippen LogP contribution in [-0.4, -0.2) is 18.1 Å². The molecule has 4 heteroatoms. The van der Waals surface area contributed by atoms with Crippen LogP contribution in [0.3, 0.4) is 0 Å². The van der Waals surface area contributed by atoms with Crippen molar-refractivity contribution in [2.75, 3.05) is 5.32 Å². The summed E-state index contributed by atoms with van der Waals surface area (Å²) in [5.41, 5.74) is 6.91. The lowest BCUT2D eigenvalue weighted by atomic mass is 10.3. The molecule has 2 fully saturated rings. The summed E-state index contributed by atoms with van der Waals surface area (Å²) >= 11 is 0. The predicted octanol–water partition coefficient (Wildman–Crippen LogP) is 3.00. The van der Waals surface area contributed by atoms with Gasteiger partial charge in [-0.25, -0.2) is 4.99 Å². The molecule has 0 heterocycles. The zero-order valence-corrected chi connectivity index (χ0v) is 12.2. The summed E-state index contributed by atoms with van der Waals surface area (Å²) in [6.07, 6.45) is 4.19. The van der Waals surface area contributed by atoms with Crippen molar-refractivity contribution < 1.29 is 4.74 Å². The standard InChI is InChI=1S/C16H23N3O/c1-10(2)20-13-7-5-12(6-8-13)18-16(17)19-15-9-14(15)11-3-4-11/h5-8,10-11,14-15H,3-4,9H2,1-2H3,(H3,17,18,19)/t14-,15+/m0/s1. The molecule has 2 saturated carbocycles. The minimum absolute atomic E-state index is 0.190. The van der Waals surface area contributed by atoms with Gasteiger partial charge >= 0.3 is 0 Å².